The van der Waals surface area contributed by atoms with Gasteiger partial charge in [0.1, 0.15) is 6.04 Å². The third kappa shape index (κ3) is 7.36. The molecule has 64 valence electrons. The number of hydrogen-bond acceptors (Lipinski definition) is 4. The molecule has 4 nitrogen and oxygen atoms in total. The summed E-state index contributed by atoms with van der Waals surface area (Å²) in [5, 5.41) is 16.7. The maximum Gasteiger partial charge on any atom is 2.00 e. The van der Waals surface area contributed by atoms with E-state index in [4.69, 9.17) is 10.3 Å². The van der Waals surface area contributed by atoms with Crippen LogP contribution in [0.3, 0.4) is 0 Å². The van der Waals surface area contributed by atoms with Gasteiger partial charge in [-0.25, -0.2) is 0 Å². The summed E-state index contributed by atoms with van der Waals surface area (Å²) in [6.07, 6.45) is 2.32. The number of aliphatic carboxylic acids is 1. The second kappa shape index (κ2) is 9.09. The van der Waals surface area contributed by atoms with E-state index in [-0.39, 0.29) is 40.6 Å². The van der Waals surface area contributed by atoms with Crippen molar-refractivity contribution in [1.82, 2.24) is 5.48 Å². The number of rotatable bonds is 5. The smallest absolute Gasteiger partial charge is 1.00 e. The van der Waals surface area contributed by atoms with E-state index in [1.807, 2.05) is 6.26 Å². The van der Waals surface area contributed by atoms with Gasteiger partial charge in [0, 0.05) is 0 Å². The number of nitrogens with one attached hydrogen (secondary N) is 1. The predicted octanol–water partition coefficient (Wildman–Crippen LogP) is 0.0157. The molecule has 1 atom stereocenters. The van der Waals surface area contributed by atoms with Crippen molar-refractivity contribution in [3.63, 3.8) is 0 Å². The largest absolute Gasteiger partial charge is 2.00 e. The average Bonchev–Trinajstić information content (AvgIpc) is 1.89. The van der Waals surface area contributed by atoms with Gasteiger partial charge in [-0.2, -0.15) is 17.2 Å². The SMILES string of the molecule is CSCCC(NO)C(=O)O.[Ca+2].[H-].[H-]. The van der Waals surface area contributed by atoms with Gasteiger partial charge in [0.05, 0.1) is 0 Å². The van der Waals surface area contributed by atoms with E-state index in [1.54, 1.807) is 17.2 Å². The van der Waals surface area contributed by atoms with Crippen LogP contribution in [0.4, 0.5) is 0 Å². The molecule has 0 aromatic carbocycles. The number of thioether (sulfide) groups is 1. The van der Waals surface area contributed by atoms with Crippen molar-refractivity contribution in [2.24, 2.45) is 0 Å². The summed E-state index contributed by atoms with van der Waals surface area (Å²) in [5.74, 6) is -0.290. The second-order valence-corrected chi connectivity index (χ2v) is 2.79. The molecule has 1 unspecified atom stereocenters. The second-order valence-electron chi connectivity index (χ2n) is 1.80. The molecule has 0 aliphatic rings. The van der Waals surface area contributed by atoms with Crippen LogP contribution < -0.4 is 5.48 Å². The molecule has 11 heavy (non-hydrogen) atoms. The quantitative estimate of drug-likeness (QED) is 0.438. The Balaban J connectivity index is -0.000000135. The minimum absolute atomic E-state index is 0. The van der Waals surface area contributed by atoms with E-state index in [0.717, 1.165) is 5.75 Å². The molecular weight excluding hydrogens is 194 g/mol. The maximum absolute atomic E-state index is 10.2. The number of hydrogen-bond donors (Lipinski definition) is 3. The first-order valence-electron chi connectivity index (χ1n) is 2.83. The average molecular weight is 207 g/mol. The third-order valence-electron chi connectivity index (χ3n) is 1.06. The Labute approximate surface area is 103 Å². The third-order valence-corrected chi connectivity index (χ3v) is 1.71. The Morgan fingerprint density at radius 1 is 1.82 bits per heavy atom. The predicted molar refractivity (Wildman–Crippen MR) is 47.3 cm³/mol. The summed E-state index contributed by atoms with van der Waals surface area (Å²) in [5.41, 5.74) is 1.72. The Morgan fingerprint density at radius 2 is 2.36 bits per heavy atom. The summed E-state index contributed by atoms with van der Waals surface area (Å²) in [7, 11) is 0. The molecule has 0 aliphatic heterocycles. The number of hydroxylamine groups is 1. The van der Waals surface area contributed by atoms with E-state index in [0.29, 0.717) is 6.42 Å². The Bertz CT molecular complexity index is 122. The Hall–Kier alpha value is 1.000. The summed E-state index contributed by atoms with van der Waals surface area (Å²) in [6, 6.07) is -0.826. The monoisotopic (exact) mass is 207 g/mol. The first-order valence-corrected chi connectivity index (χ1v) is 4.23. The standard InChI is InChI=1S/C5H11NO3S.Ca.2H/c1-10-3-2-4(6-9)5(7)8;;;/h4,6,9H,2-3H2,1H3,(H,7,8);;;/q;+2;2*-1. The van der Waals surface area contributed by atoms with Crippen molar-refractivity contribution < 1.29 is 18.0 Å². The molecule has 0 aliphatic carbocycles. The molecule has 6 heteroatoms. The van der Waals surface area contributed by atoms with Crippen molar-refractivity contribution in [2.75, 3.05) is 12.0 Å². The minimum Gasteiger partial charge on any atom is -1.00 e. The Morgan fingerprint density at radius 3 is 2.64 bits per heavy atom. The Kier molecular flexibility index (Phi) is 12.0. The molecule has 3 N–H and O–H groups in total. The van der Waals surface area contributed by atoms with Gasteiger partial charge in [0.2, 0.25) is 0 Å². The fraction of sp³-hybridized carbons (Fsp3) is 0.800. The van der Waals surface area contributed by atoms with Gasteiger partial charge in [0.15, 0.2) is 0 Å². The molecule has 0 aromatic heterocycles. The topological polar surface area (TPSA) is 69.6 Å². The molecule has 0 aromatic rings. The molecule has 0 amide bonds. The fourth-order valence-electron chi connectivity index (χ4n) is 0.479. The van der Waals surface area contributed by atoms with Crippen LogP contribution >= 0.6 is 11.8 Å². The van der Waals surface area contributed by atoms with Gasteiger partial charge in [-0.3, -0.25) is 4.79 Å². The zero-order chi connectivity index (χ0) is 7.98. The van der Waals surface area contributed by atoms with Crippen molar-refractivity contribution in [2.45, 2.75) is 12.5 Å². The van der Waals surface area contributed by atoms with Crippen LogP contribution in [0, 0.1) is 0 Å². The summed E-state index contributed by atoms with van der Waals surface area (Å²) < 4.78 is 0. The molecule has 0 radical (unpaired) electrons. The molecule has 0 heterocycles. The van der Waals surface area contributed by atoms with Crippen molar-refractivity contribution in [3.05, 3.63) is 0 Å². The minimum atomic E-state index is -1.02. The molecule has 0 bridgehead atoms. The number of carboxylic acid groups (broad SMARTS) is 1. The summed E-state index contributed by atoms with van der Waals surface area (Å²) in [4.78, 5) is 10.2. The van der Waals surface area contributed by atoms with Gasteiger partial charge in [0.25, 0.3) is 0 Å². The first-order chi connectivity index (χ1) is 4.72. The van der Waals surface area contributed by atoms with E-state index < -0.39 is 12.0 Å². The van der Waals surface area contributed by atoms with E-state index >= 15 is 0 Å². The van der Waals surface area contributed by atoms with Crippen molar-refractivity contribution >= 4 is 55.5 Å². The van der Waals surface area contributed by atoms with Crippen molar-refractivity contribution in [3.8, 4) is 0 Å². The molecule has 0 fully saturated rings. The van der Waals surface area contributed by atoms with Gasteiger partial charge in [-0.05, 0) is 18.4 Å². The van der Waals surface area contributed by atoms with Gasteiger partial charge >= 0.3 is 43.7 Å². The molecule has 0 saturated heterocycles. The van der Waals surface area contributed by atoms with Crippen LogP contribution in [-0.4, -0.2) is 72.1 Å². The molecule has 0 saturated carbocycles. The van der Waals surface area contributed by atoms with Crippen LogP contribution in [0.5, 0.6) is 0 Å². The van der Waals surface area contributed by atoms with Crippen LogP contribution in [0.25, 0.3) is 0 Å². The van der Waals surface area contributed by atoms with Crippen LogP contribution in [0.1, 0.15) is 9.27 Å². The number of carbonyl (C=O) groups is 1. The van der Waals surface area contributed by atoms with E-state index in [9.17, 15) is 4.79 Å². The van der Waals surface area contributed by atoms with Crippen LogP contribution in [0.15, 0.2) is 0 Å². The number of carboxylic acids is 1. The molecule has 0 spiro atoms. The summed E-state index contributed by atoms with van der Waals surface area (Å²) >= 11 is 1.55. The van der Waals surface area contributed by atoms with Gasteiger partial charge < -0.3 is 13.2 Å². The van der Waals surface area contributed by atoms with Crippen LogP contribution in [-0.2, 0) is 4.79 Å². The summed E-state index contributed by atoms with van der Waals surface area (Å²) in [6.45, 7) is 0. The van der Waals surface area contributed by atoms with Gasteiger partial charge in [-0.1, -0.05) is 0 Å². The van der Waals surface area contributed by atoms with E-state index in [2.05, 4.69) is 0 Å². The van der Waals surface area contributed by atoms with Crippen molar-refractivity contribution in [1.29, 1.82) is 0 Å². The van der Waals surface area contributed by atoms with Crippen LogP contribution in [0.2, 0.25) is 0 Å². The zero-order valence-corrected chi connectivity index (χ0v) is 9.43. The fourth-order valence-corrected chi connectivity index (χ4v) is 0.950. The first kappa shape index (κ1) is 14.5. The normalized spacial score (nSPS) is 11.8. The maximum atomic E-state index is 10.2. The molecule has 0 rings (SSSR count). The molecular formula is C5H13CaNO3S. The van der Waals surface area contributed by atoms with E-state index in [1.165, 1.54) is 0 Å². The zero-order valence-electron chi connectivity index (χ0n) is 8.41. The van der Waals surface area contributed by atoms with Gasteiger partial charge in [-0.15, -0.1) is 0 Å².